The minimum atomic E-state index is -1.09. The molecule has 184 valence electrons. The average Bonchev–Trinajstić information content (AvgIpc) is 3.46. The van der Waals surface area contributed by atoms with Crippen molar-refractivity contribution < 1.29 is 14.6 Å². The molecule has 7 heteroatoms. The van der Waals surface area contributed by atoms with E-state index in [9.17, 15) is 9.90 Å². The molecular weight excluding hydrogens is 440 g/mol. The van der Waals surface area contributed by atoms with Crippen molar-refractivity contribution in [2.45, 2.75) is 70.3 Å². The van der Waals surface area contributed by atoms with Crippen molar-refractivity contribution in [3.8, 4) is 5.75 Å². The van der Waals surface area contributed by atoms with E-state index in [4.69, 9.17) is 9.72 Å². The van der Waals surface area contributed by atoms with E-state index in [1.54, 1.807) is 0 Å². The lowest BCUT2D eigenvalue weighted by molar-refractivity contribution is -0.123. The number of aromatic nitrogens is 3. The van der Waals surface area contributed by atoms with Crippen molar-refractivity contribution >= 4 is 17.4 Å². The van der Waals surface area contributed by atoms with Gasteiger partial charge >= 0.3 is 0 Å². The van der Waals surface area contributed by atoms with Crippen LogP contribution < -0.4 is 10.1 Å². The molecule has 1 aromatic carbocycles. The van der Waals surface area contributed by atoms with Crippen LogP contribution >= 0.6 is 0 Å². The van der Waals surface area contributed by atoms with Crippen molar-refractivity contribution in [1.82, 2.24) is 15.2 Å². The van der Waals surface area contributed by atoms with Gasteiger partial charge in [-0.1, -0.05) is 12.1 Å². The predicted octanol–water partition coefficient (Wildman–Crippen LogP) is 5.32. The first-order valence-electron chi connectivity index (χ1n) is 12.7. The summed E-state index contributed by atoms with van der Waals surface area (Å²) in [4.78, 5) is 17.7. The van der Waals surface area contributed by atoms with E-state index in [-0.39, 0.29) is 11.7 Å². The number of benzene rings is 1. The van der Waals surface area contributed by atoms with Crippen LogP contribution in [0.25, 0.3) is 0 Å². The first-order valence-corrected chi connectivity index (χ1v) is 12.7. The third-order valence-electron chi connectivity index (χ3n) is 7.16. The van der Waals surface area contributed by atoms with Crippen molar-refractivity contribution in [2.75, 3.05) is 11.9 Å². The molecule has 0 radical (unpaired) electrons. The van der Waals surface area contributed by atoms with Crippen molar-refractivity contribution in [2.24, 2.45) is 5.92 Å². The second kappa shape index (κ2) is 9.82. The van der Waals surface area contributed by atoms with Crippen molar-refractivity contribution in [1.29, 1.82) is 0 Å². The van der Waals surface area contributed by atoms with Crippen molar-refractivity contribution in [3.05, 3.63) is 65.0 Å². The molecule has 5 rings (SSSR count). The number of rotatable bonds is 10. The Kier molecular flexibility index (Phi) is 6.60. The molecule has 0 spiro atoms. The van der Waals surface area contributed by atoms with Crippen LogP contribution in [0.15, 0.2) is 42.5 Å². The maximum absolute atomic E-state index is 13.0. The number of anilines is 2. The molecule has 2 heterocycles. The average molecular weight is 475 g/mol. The number of H-pyrrole nitrogens is 1. The molecule has 3 aromatic rings. The molecule has 7 nitrogen and oxygen atoms in total. The molecule has 3 N–H and O–H groups in total. The summed E-state index contributed by atoms with van der Waals surface area (Å²) >= 11 is 0. The van der Waals surface area contributed by atoms with Crippen LogP contribution in [0.1, 0.15) is 73.9 Å². The maximum atomic E-state index is 13.0. The fourth-order valence-corrected chi connectivity index (χ4v) is 5.03. The van der Waals surface area contributed by atoms with Gasteiger partial charge in [0.25, 0.3) is 0 Å². The normalized spacial score (nSPS) is 21.7. The molecule has 2 atom stereocenters. The van der Waals surface area contributed by atoms with E-state index in [2.05, 4.69) is 15.5 Å². The first kappa shape index (κ1) is 23.5. The van der Waals surface area contributed by atoms with Crippen LogP contribution in [0.3, 0.4) is 0 Å². The highest BCUT2D eigenvalue weighted by Crippen LogP contribution is 2.43. The quantitative estimate of drug-likeness (QED) is 0.368. The first-order chi connectivity index (χ1) is 16.9. The molecule has 2 aromatic heterocycles. The third kappa shape index (κ3) is 5.56. The fourth-order valence-electron chi connectivity index (χ4n) is 5.03. The van der Waals surface area contributed by atoms with Gasteiger partial charge < -0.3 is 15.2 Å². The lowest BCUT2D eigenvalue weighted by Gasteiger charge is -2.23. The Morgan fingerprint density at radius 1 is 1.17 bits per heavy atom. The Labute approximate surface area is 206 Å². The molecule has 2 fully saturated rings. The van der Waals surface area contributed by atoms with E-state index < -0.39 is 5.60 Å². The number of ketones is 1. The van der Waals surface area contributed by atoms with Crippen LogP contribution in [0.4, 0.5) is 11.6 Å². The van der Waals surface area contributed by atoms with Gasteiger partial charge in [-0.2, -0.15) is 5.10 Å². The summed E-state index contributed by atoms with van der Waals surface area (Å²) < 4.78 is 5.49. The molecule has 35 heavy (non-hydrogen) atoms. The van der Waals surface area contributed by atoms with Gasteiger partial charge in [0.1, 0.15) is 23.0 Å². The predicted molar refractivity (Wildman–Crippen MR) is 135 cm³/mol. The maximum Gasteiger partial charge on any atom is 0.153 e. The van der Waals surface area contributed by atoms with E-state index >= 15 is 0 Å². The summed E-state index contributed by atoms with van der Waals surface area (Å²) in [6, 6.07) is 13.8. The summed E-state index contributed by atoms with van der Waals surface area (Å²) in [7, 11) is 0. The number of aliphatic hydroxyl groups is 1. The van der Waals surface area contributed by atoms with E-state index in [0.717, 1.165) is 28.4 Å². The highest BCUT2D eigenvalue weighted by Gasteiger charge is 2.42. The summed E-state index contributed by atoms with van der Waals surface area (Å²) in [5.74, 6) is 2.91. The molecule has 0 aliphatic heterocycles. The summed E-state index contributed by atoms with van der Waals surface area (Å²) in [6.07, 6.45) is 5.23. The van der Waals surface area contributed by atoms with Gasteiger partial charge in [-0.3, -0.25) is 9.89 Å². The highest BCUT2D eigenvalue weighted by atomic mass is 16.5. The Hall–Kier alpha value is -3.19. The molecule has 2 aliphatic rings. The standard InChI is InChI=1S/C28H34N4O3/c1-3-35-22-9-4-19(5-10-22)6-11-24(33)21-12-13-28(34,17-21)25-14-18(2)15-26(29-25)30-27-16-23(31-32-27)20-7-8-20/h4-5,9-10,14-16,20-21,34H,3,6-8,11-13,17H2,1-2H3,(H2,29,30,31,32)/t21-,28+/m0/s1. The lowest BCUT2D eigenvalue weighted by Crippen LogP contribution is -2.25. The Morgan fingerprint density at radius 2 is 1.97 bits per heavy atom. The number of ether oxygens (including phenoxy) is 1. The van der Waals surface area contributed by atoms with Crippen molar-refractivity contribution in [3.63, 3.8) is 0 Å². The molecule has 0 saturated heterocycles. The minimum absolute atomic E-state index is 0.145. The van der Waals surface area contributed by atoms with Gasteiger partial charge in [0.15, 0.2) is 5.82 Å². The second-order valence-corrected chi connectivity index (χ2v) is 10.0. The fraction of sp³-hybridized carbons (Fsp3) is 0.464. The van der Waals surface area contributed by atoms with Gasteiger partial charge in [-0.05, 0) is 87.8 Å². The number of carbonyl (C=O) groups is 1. The molecule has 0 amide bonds. The summed E-state index contributed by atoms with van der Waals surface area (Å²) in [5, 5.41) is 22.2. The second-order valence-electron chi connectivity index (χ2n) is 10.0. The molecular formula is C28H34N4O3. The number of hydrogen-bond acceptors (Lipinski definition) is 6. The van der Waals surface area contributed by atoms with Gasteiger partial charge in [-0.25, -0.2) is 4.98 Å². The Balaban J connectivity index is 1.21. The number of carbonyl (C=O) groups excluding carboxylic acids is 1. The molecule has 2 saturated carbocycles. The van der Waals surface area contributed by atoms with E-state index in [1.807, 2.05) is 56.3 Å². The van der Waals surface area contributed by atoms with Crippen LogP contribution in [0, 0.1) is 12.8 Å². The van der Waals surface area contributed by atoms with Gasteiger partial charge in [-0.15, -0.1) is 0 Å². The smallest absolute Gasteiger partial charge is 0.153 e. The number of hydrogen-bond donors (Lipinski definition) is 3. The lowest BCUT2D eigenvalue weighted by atomic mass is 9.91. The van der Waals surface area contributed by atoms with E-state index in [1.165, 1.54) is 12.8 Å². The summed E-state index contributed by atoms with van der Waals surface area (Å²) in [6.45, 7) is 4.59. The number of nitrogens with one attached hydrogen (secondary N) is 2. The molecule has 2 aliphatic carbocycles. The number of aryl methyl sites for hydroxylation is 2. The van der Waals surface area contributed by atoms with Crippen LogP contribution in [0.5, 0.6) is 5.75 Å². The largest absolute Gasteiger partial charge is 0.494 e. The molecule has 0 bridgehead atoms. The number of Topliss-reactive ketones (excluding diaryl/α,β-unsaturated/α-hetero) is 1. The van der Waals surface area contributed by atoms with Gasteiger partial charge in [0.2, 0.25) is 0 Å². The topological polar surface area (TPSA) is 100 Å². The zero-order chi connectivity index (χ0) is 24.4. The van der Waals surface area contributed by atoms with E-state index in [0.29, 0.717) is 56.1 Å². The molecule has 0 unspecified atom stereocenters. The monoisotopic (exact) mass is 474 g/mol. The Morgan fingerprint density at radius 3 is 2.71 bits per heavy atom. The Bertz CT molecular complexity index is 1190. The third-order valence-corrected chi connectivity index (χ3v) is 7.16. The van der Waals surface area contributed by atoms with Crippen LogP contribution in [-0.2, 0) is 16.8 Å². The highest BCUT2D eigenvalue weighted by molar-refractivity contribution is 5.81. The summed E-state index contributed by atoms with van der Waals surface area (Å²) in [5.41, 5.74) is 2.82. The zero-order valence-electron chi connectivity index (χ0n) is 20.5. The minimum Gasteiger partial charge on any atom is -0.494 e. The number of pyridine rings is 1. The van der Waals surface area contributed by atoms with Gasteiger partial charge in [0.05, 0.1) is 12.3 Å². The SMILES string of the molecule is CCOc1ccc(CCC(=O)[C@H]2CC[C@](O)(c3cc(C)cc(Nc4cc(C5CC5)[nH]n4)n3)C2)cc1. The number of nitrogens with zero attached hydrogens (tertiary/aromatic N) is 2. The van der Waals surface area contributed by atoms with Crippen LogP contribution in [-0.4, -0.2) is 32.7 Å². The zero-order valence-corrected chi connectivity index (χ0v) is 20.5. The van der Waals surface area contributed by atoms with Crippen LogP contribution in [0.2, 0.25) is 0 Å². The van der Waals surface area contributed by atoms with Gasteiger partial charge in [0, 0.05) is 30.0 Å². The number of aromatic amines is 1.